The summed E-state index contributed by atoms with van der Waals surface area (Å²) in [7, 11) is 0. The van der Waals surface area contributed by atoms with Crippen LogP contribution in [0.15, 0.2) is 0 Å². The number of carbonyl (C=O) groups is 6. The highest BCUT2D eigenvalue weighted by Gasteiger charge is 2.32. The fourth-order valence-electron chi connectivity index (χ4n) is 2.55. The van der Waals surface area contributed by atoms with Gasteiger partial charge in [0, 0.05) is 12.8 Å². The molecule has 0 aliphatic heterocycles. The molecule has 0 rings (SSSR count). The third-order valence-electron chi connectivity index (χ3n) is 4.81. The highest BCUT2D eigenvalue weighted by molar-refractivity contribution is 5.94. The summed E-state index contributed by atoms with van der Waals surface area (Å²) in [5.74, 6) is -6.51. The number of rotatable bonds is 15. The van der Waals surface area contributed by atoms with Gasteiger partial charge in [0.2, 0.25) is 17.7 Å². The zero-order valence-electron chi connectivity index (χ0n) is 18.3. The van der Waals surface area contributed by atoms with E-state index in [1.807, 2.05) is 0 Å². The van der Waals surface area contributed by atoms with E-state index in [0.29, 0.717) is 6.42 Å². The van der Waals surface area contributed by atoms with Crippen molar-refractivity contribution >= 4 is 35.6 Å². The second-order valence-corrected chi connectivity index (χ2v) is 7.47. The van der Waals surface area contributed by atoms with Crippen molar-refractivity contribution in [2.45, 2.75) is 77.0 Å². The molecular weight excluding hydrogens is 428 g/mol. The number of aliphatic carboxylic acids is 3. The molecule has 182 valence electrons. The standard InChI is InChI=1S/C19H32N4O9/c1-4-9(2)15(23-16(28)11(20)5-7-13(24)25)18(30)22-12(6-8-14(26)27)17(29)21-10(3)19(31)32/h9-12,15H,4-8,20H2,1-3H3,(H,21,29)(H,22,30)(H,23,28)(H,24,25)(H,26,27)(H,31,32). The molecule has 0 aliphatic carbocycles. The molecule has 0 saturated heterocycles. The van der Waals surface area contributed by atoms with Crippen LogP contribution < -0.4 is 21.7 Å². The summed E-state index contributed by atoms with van der Waals surface area (Å²) in [6.45, 7) is 4.62. The second kappa shape index (κ2) is 14.0. The summed E-state index contributed by atoms with van der Waals surface area (Å²) in [4.78, 5) is 70.1. The van der Waals surface area contributed by atoms with Gasteiger partial charge in [-0.25, -0.2) is 0 Å². The van der Waals surface area contributed by atoms with Crippen LogP contribution in [0.2, 0.25) is 0 Å². The van der Waals surface area contributed by atoms with Crippen molar-refractivity contribution in [2.75, 3.05) is 0 Å². The van der Waals surface area contributed by atoms with E-state index >= 15 is 0 Å². The minimum atomic E-state index is -1.36. The Morgan fingerprint density at radius 1 is 0.781 bits per heavy atom. The monoisotopic (exact) mass is 460 g/mol. The van der Waals surface area contributed by atoms with E-state index in [-0.39, 0.29) is 19.3 Å². The van der Waals surface area contributed by atoms with Crippen molar-refractivity contribution in [3.63, 3.8) is 0 Å². The number of carboxylic acid groups (broad SMARTS) is 3. The van der Waals surface area contributed by atoms with Crippen molar-refractivity contribution in [3.05, 3.63) is 0 Å². The van der Waals surface area contributed by atoms with Gasteiger partial charge in [-0.1, -0.05) is 20.3 Å². The van der Waals surface area contributed by atoms with Gasteiger partial charge >= 0.3 is 17.9 Å². The van der Waals surface area contributed by atoms with Crippen molar-refractivity contribution in [1.29, 1.82) is 0 Å². The maximum Gasteiger partial charge on any atom is 0.325 e. The molecular formula is C19H32N4O9. The van der Waals surface area contributed by atoms with Gasteiger partial charge in [-0.2, -0.15) is 0 Å². The molecule has 0 aromatic heterocycles. The number of nitrogens with two attached hydrogens (primary N) is 1. The molecule has 3 amide bonds. The number of nitrogens with one attached hydrogen (secondary N) is 3. The van der Waals surface area contributed by atoms with E-state index in [2.05, 4.69) is 16.0 Å². The van der Waals surface area contributed by atoms with E-state index in [4.69, 9.17) is 21.1 Å². The molecule has 0 aromatic carbocycles. The molecule has 5 unspecified atom stereocenters. The van der Waals surface area contributed by atoms with Gasteiger partial charge in [-0.3, -0.25) is 28.8 Å². The third-order valence-corrected chi connectivity index (χ3v) is 4.81. The SMILES string of the molecule is CCC(C)C(NC(=O)C(N)CCC(=O)O)C(=O)NC(CCC(=O)O)C(=O)NC(C)C(=O)O. The van der Waals surface area contributed by atoms with Crippen LogP contribution in [0.25, 0.3) is 0 Å². The molecule has 0 radical (unpaired) electrons. The molecule has 0 heterocycles. The zero-order valence-corrected chi connectivity index (χ0v) is 18.3. The molecule has 13 heteroatoms. The van der Waals surface area contributed by atoms with Gasteiger partial charge in [0.15, 0.2) is 0 Å². The van der Waals surface area contributed by atoms with Crippen LogP contribution in [0.5, 0.6) is 0 Å². The lowest BCUT2D eigenvalue weighted by Crippen LogP contribution is -2.58. The number of hydrogen-bond acceptors (Lipinski definition) is 7. The first-order valence-corrected chi connectivity index (χ1v) is 10.1. The third kappa shape index (κ3) is 10.7. The largest absolute Gasteiger partial charge is 0.481 e. The Kier molecular flexibility index (Phi) is 12.6. The predicted octanol–water partition coefficient (Wildman–Crippen LogP) is -1.35. The first-order chi connectivity index (χ1) is 14.8. The molecule has 0 bridgehead atoms. The summed E-state index contributed by atoms with van der Waals surface area (Å²) < 4.78 is 0. The number of carboxylic acids is 3. The van der Waals surface area contributed by atoms with Crippen molar-refractivity contribution < 1.29 is 44.1 Å². The Bertz CT molecular complexity index is 713. The molecule has 8 N–H and O–H groups in total. The van der Waals surface area contributed by atoms with E-state index in [0.717, 1.165) is 0 Å². The minimum Gasteiger partial charge on any atom is -0.481 e. The Morgan fingerprint density at radius 2 is 1.31 bits per heavy atom. The fourth-order valence-corrected chi connectivity index (χ4v) is 2.55. The number of hydrogen-bond donors (Lipinski definition) is 7. The van der Waals surface area contributed by atoms with E-state index in [1.165, 1.54) is 6.92 Å². The van der Waals surface area contributed by atoms with E-state index in [1.54, 1.807) is 13.8 Å². The quantitative estimate of drug-likeness (QED) is 0.152. The Labute approximate surface area is 185 Å². The summed E-state index contributed by atoms with van der Waals surface area (Å²) in [6.07, 6.45) is -0.815. The van der Waals surface area contributed by atoms with Crippen LogP contribution in [0.4, 0.5) is 0 Å². The first kappa shape index (κ1) is 28.8. The van der Waals surface area contributed by atoms with Gasteiger partial charge in [0.25, 0.3) is 0 Å². The van der Waals surface area contributed by atoms with Crippen LogP contribution in [0, 0.1) is 5.92 Å². The molecule has 0 saturated carbocycles. The highest BCUT2D eigenvalue weighted by atomic mass is 16.4. The Hall–Kier alpha value is -3.22. The average Bonchev–Trinajstić information content (AvgIpc) is 2.71. The van der Waals surface area contributed by atoms with Crippen molar-refractivity contribution in [1.82, 2.24) is 16.0 Å². The number of carbonyl (C=O) groups excluding carboxylic acids is 3. The van der Waals surface area contributed by atoms with E-state index < -0.39 is 72.1 Å². The maximum absolute atomic E-state index is 12.8. The molecule has 0 fully saturated rings. The predicted molar refractivity (Wildman–Crippen MR) is 110 cm³/mol. The minimum absolute atomic E-state index is 0.146. The first-order valence-electron chi connectivity index (χ1n) is 10.1. The highest BCUT2D eigenvalue weighted by Crippen LogP contribution is 2.10. The molecule has 5 atom stereocenters. The van der Waals surface area contributed by atoms with Gasteiger partial charge < -0.3 is 37.0 Å². The van der Waals surface area contributed by atoms with Gasteiger partial charge in [-0.15, -0.1) is 0 Å². The average molecular weight is 460 g/mol. The summed E-state index contributed by atoms with van der Waals surface area (Å²) >= 11 is 0. The Balaban J connectivity index is 5.43. The second-order valence-electron chi connectivity index (χ2n) is 7.47. The lowest BCUT2D eigenvalue weighted by Gasteiger charge is -2.27. The topological polar surface area (TPSA) is 225 Å². The van der Waals surface area contributed by atoms with Gasteiger partial charge in [0.05, 0.1) is 6.04 Å². The normalized spacial score (nSPS) is 15.4. The zero-order chi connectivity index (χ0) is 25.0. The molecule has 0 aromatic rings. The van der Waals surface area contributed by atoms with Gasteiger partial charge in [0.1, 0.15) is 18.1 Å². The molecule has 0 aliphatic rings. The van der Waals surface area contributed by atoms with Crippen LogP contribution in [0.1, 0.15) is 52.9 Å². The number of amides is 3. The molecule has 13 nitrogen and oxygen atoms in total. The summed E-state index contributed by atoms with van der Waals surface area (Å²) in [5, 5.41) is 33.5. The lowest BCUT2D eigenvalue weighted by atomic mass is 9.97. The summed E-state index contributed by atoms with van der Waals surface area (Å²) in [6, 6.07) is -4.94. The molecule has 0 spiro atoms. The van der Waals surface area contributed by atoms with Gasteiger partial charge in [-0.05, 0) is 25.7 Å². The Morgan fingerprint density at radius 3 is 1.78 bits per heavy atom. The van der Waals surface area contributed by atoms with Crippen LogP contribution in [0.3, 0.4) is 0 Å². The maximum atomic E-state index is 12.8. The summed E-state index contributed by atoms with van der Waals surface area (Å²) in [5.41, 5.74) is 5.68. The lowest BCUT2D eigenvalue weighted by molar-refractivity contribution is -0.142. The molecule has 32 heavy (non-hydrogen) atoms. The fraction of sp³-hybridized carbons (Fsp3) is 0.684. The van der Waals surface area contributed by atoms with Crippen molar-refractivity contribution in [3.8, 4) is 0 Å². The smallest absolute Gasteiger partial charge is 0.325 e. The van der Waals surface area contributed by atoms with Crippen LogP contribution in [-0.2, 0) is 28.8 Å². The van der Waals surface area contributed by atoms with Crippen LogP contribution in [-0.4, -0.2) is 75.1 Å². The van der Waals surface area contributed by atoms with E-state index in [9.17, 15) is 28.8 Å². The van der Waals surface area contributed by atoms with Crippen molar-refractivity contribution in [2.24, 2.45) is 11.7 Å². The van der Waals surface area contributed by atoms with Crippen LogP contribution >= 0.6 is 0 Å².